The van der Waals surface area contributed by atoms with Crippen LogP contribution >= 0.6 is 35.7 Å². The van der Waals surface area contributed by atoms with Gasteiger partial charge in [-0.1, -0.05) is 18.2 Å². The molecule has 154 valence electrons. The van der Waals surface area contributed by atoms with Crippen molar-refractivity contribution in [1.29, 1.82) is 0 Å². The number of rotatable bonds is 9. The summed E-state index contributed by atoms with van der Waals surface area (Å²) in [5.74, 6) is 3.72. The van der Waals surface area contributed by atoms with Gasteiger partial charge in [-0.2, -0.15) is 0 Å². The molecule has 6 nitrogen and oxygen atoms in total. The van der Waals surface area contributed by atoms with Crippen LogP contribution in [0.3, 0.4) is 0 Å². The molecule has 28 heavy (non-hydrogen) atoms. The summed E-state index contributed by atoms with van der Waals surface area (Å²) < 4.78 is 16.2. The van der Waals surface area contributed by atoms with Gasteiger partial charge in [0.1, 0.15) is 5.75 Å². The summed E-state index contributed by atoms with van der Waals surface area (Å²) in [7, 11) is 6.62. The van der Waals surface area contributed by atoms with Gasteiger partial charge < -0.3 is 24.8 Å². The number of guanidine groups is 1. The predicted molar refractivity (Wildman–Crippen MR) is 127 cm³/mol. The van der Waals surface area contributed by atoms with Gasteiger partial charge in [0, 0.05) is 42.4 Å². The molecule has 2 N–H and O–H groups in total. The largest absolute Gasteiger partial charge is 0.496 e. The number of hydrogen-bond acceptors (Lipinski definition) is 5. The van der Waals surface area contributed by atoms with E-state index < -0.39 is 0 Å². The Hall–Kier alpha value is -1.81. The molecule has 0 unspecified atom stereocenters. The number of hydrogen-bond donors (Lipinski definition) is 2. The number of nitrogens with zero attached hydrogens (tertiary/aromatic N) is 1. The van der Waals surface area contributed by atoms with Crippen molar-refractivity contribution in [1.82, 2.24) is 10.6 Å². The smallest absolute Gasteiger partial charge is 0.191 e. The summed E-state index contributed by atoms with van der Waals surface area (Å²) in [6.45, 7) is 1.36. The highest BCUT2D eigenvalue weighted by Gasteiger charge is 2.12. The second-order valence-corrected chi connectivity index (χ2v) is 6.70. The highest BCUT2D eigenvalue weighted by atomic mass is 127. The molecule has 2 rings (SSSR count). The average molecular weight is 517 g/mol. The first-order valence-electron chi connectivity index (χ1n) is 8.63. The molecule has 2 aromatic carbocycles. The first-order chi connectivity index (χ1) is 13.2. The van der Waals surface area contributed by atoms with Crippen LogP contribution in [-0.4, -0.2) is 46.6 Å². The van der Waals surface area contributed by atoms with E-state index in [1.54, 1.807) is 40.1 Å². The fourth-order valence-corrected chi connectivity index (χ4v) is 3.27. The molecule has 0 saturated heterocycles. The Labute approximate surface area is 188 Å². The molecule has 0 bridgehead atoms. The van der Waals surface area contributed by atoms with Crippen molar-refractivity contribution in [3.05, 3.63) is 48.0 Å². The van der Waals surface area contributed by atoms with E-state index in [1.807, 2.05) is 30.3 Å². The quantitative estimate of drug-likeness (QED) is 0.174. The third-order valence-electron chi connectivity index (χ3n) is 3.86. The molecule has 8 heteroatoms. The maximum absolute atomic E-state index is 5.46. The molecule has 0 saturated carbocycles. The van der Waals surface area contributed by atoms with Gasteiger partial charge in [-0.3, -0.25) is 4.99 Å². The molecule has 0 aliphatic carbocycles. The topological polar surface area (TPSA) is 64.1 Å². The number of aliphatic imine (C=N–C) groups is 1. The van der Waals surface area contributed by atoms with E-state index in [-0.39, 0.29) is 24.0 Å². The van der Waals surface area contributed by atoms with Crippen LogP contribution in [0.15, 0.2) is 52.4 Å². The number of halogens is 1. The lowest BCUT2D eigenvalue weighted by Crippen LogP contribution is -2.38. The van der Waals surface area contributed by atoms with Crippen LogP contribution in [0, 0.1) is 0 Å². The molecule has 0 aliphatic rings. The van der Waals surface area contributed by atoms with Crippen molar-refractivity contribution in [3.63, 3.8) is 0 Å². The molecule has 2 aromatic rings. The Kier molecular flexibility index (Phi) is 11.6. The van der Waals surface area contributed by atoms with Gasteiger partial charge in [-0.05, 0) is 18.2 Å². The molecule has 0 fully saturated rings. The standard InChI is InChI=1S/C20H27N3O3S.HI/c1-21-20(22-10-11-27-16-8-6-5-7-9-16)23-14-15-12-18(25-3)19(26-4)13-17(15)24-2;/h5-9,12-13H,10-11,14H2,1-4H3,(H2,21,22,23);1H. The minimum Gasteiger partial charge on any atom is -0.496 e. The van der Waals surface area contributed by atoms with Crippen molar-refractivity contribution < 1.29 is 14.2 Å². The van der Waals surface area contributed by atoms with Gasteiger partial charge in [0.05, 0.1) is 21.3 Å². The monoisotopic (exact) mass is 517 g/mol. The molecule has 0 radical (unpaired) electrons. The molecule has 0 heterocycles. The third kappa shape index (κ3) is 7.31. The number of benzene rings is 2. The van der Waals surface area contributed by atoms with Gasteiger partial charge >= 0.3 is 0 Å². The van der Waals surface area contributed by atoms with Crippen molar-refractivity contribution in [2.24, 2.45) is 4.99 Å². The van der Waals surface area contributed by atoms with Gasteiger partial charge in [0.15, 0.2) is 17.5 Å². The van der Waals surface area contributed by atoms with Crippen molar-refractivity contribution in [3.8, 4) is 17.2 Å². The predicted octanol–water partition coefficient (Wildman–Crippen LogP) is 3.79. The minimum atomic E-state index is 0. The lowest BCUT2D eigenvalue weighted by atomic mass is 10.1. The van der Waals surface area contributed by atoms with Crippen LogP contribution in [-0.2, 0) is 6.54 Å². The maximum Gasteiger partial charge on any atom is 0.191 e. The summed E-state index contributed by atoms with van der Waals surface area (Å²) in [6.07, 6.45) is 0. The summed E-state index contributed by atoms with van der Waals surface area (Å²) in [5.41, 5.74) is 0.955. The van der Waals surface area contributed by atoms with Crippen LogP contribution in [0.5, 0.6) is 17.2 Å². The second-order valence-electron chi connectivity index (χ2n) is 5.53. The van der Waals surface area contributed by atoms with E-state index in [2.05, 4.69) is 27.8 Å². The number of nitrogens with one attached hydrogen (secondary N) is 2. The van der Waals surface area contributed by atoms with E-state index >= 15 is 0 Å². The molecular formula is C20H28IN3O3S. The maximum atomic E-state index is 5.46. The summed E-state index contributed by atoms with van der Waals surface area (Å²) in [4.78, 5) is 5.53. The van der Waals surface area contributed by atoms with Crippen molar-refractivity contribution >= 4 is 41.7 Å². The van der Waals surface area contributed by atoms with Gasteiger partial charge in [-0.25, -0.2) is 0 Å². The first-order valence-corrected chi connectivity index (χ1v) is 9.61. The Morgan fingerprint density at radius 1 is 0.929 bits per heavy atom. The van der Waals surface area contributed by atoms with E-state index in [0.29, 0.717) is 18.0 Å². The van der Waals surface area contributed by atoms with E-state index in [9.17, 15) is 0 Å². The number of thioether (sulfide) groups is 1. The Morgan fingerprint density at radius 2 is 1.57 bits per heavy atom. The molecule has 0 spiro atoms. The number of methoxy groups -OCH3 is 3. The Bertz CT molecular complexity index is 745. The van der Waals surface area contributed by atoms with E-state index in [4.69, 9.17) is 14.2 Å². The summed E-state index contributed by atoms with van der Waals surface area (Å²) in [6, 6.07) is 14.1. The molecular weight excluding hydrogens is 489 g/mol. The Morgan fingerprint density at radius 3 is 2.18 bits per heavy atom. The van der Waals surface area contributed by atoms with Crippen LogP contribution in [0.4, 0.5) is 0 Å². The average Bonchev–Trinajstić information content (AvgIpc) is 2.73. The SMILES string of the molecule is CN=C(NCCSc1ccccc1)NCc1cc(OC)c(OC)cc1OC.I. The zero-order chi connectivity index (χ0) is 19.5. The van der Waals surface area contributed by atoms with Crippen LogP contribution in [0.1, 0.15) is 5.56 Å². The summed E-state index contributed by atoms with van der Waals surface area (Å²) >= 11 is 1.81. The van der Waals surface area contributed by atoms with Crippen molar-refractivity contribution in [2.45, 2.75) is 11.4 Å². The zero-order valence-corrected chi connectivity index (χ0v) is 19.8. The highest BCUT2D eigenvalue weighted by Crippen LogP contribution is 2.34. The third-order valence-corrected chi connectivity index (χ3v) is 4.88. The lowest BCUT2D eigenvalue weighted by Gasteiger charge is -2.16. The van der Waals surface area contributed by atoms with Crippen molar-refractivity contribution in [2.75, 3.05) is 40.7 Å². The Balaban J connectivity index is 0.00000392. The first kappa shape index (κ1) is 24.2. The van der Waals surface area contributed by atoms with Crippen LogP contribution in [0.25, 0.3) is 0 Å². The minimum absolute atomic E-state index is 0. The normalized spacial score (nSPS) is 10.6. The molecule has 0 aliphatic heterocycles. The number of ether oxygens (including phenoxy) is 3. The van der Waals surface area contributed by atoms with Gasteiger partial charge in [0.2, 0.25) is 0 Å². The molecule has 0 atom stereocenters. The fraction of sp³-hybridized carbons (Fsp3) is 0.350. The molecule has 0 amide bonds. The fourth-order valence-electron chi connectivity index (χ4n) is 2.49. The lowest BCUT2D eigenvalue weighted by molar-refractivity contribution is 0.347. The van der Waals surface area contributed by atoms with Gasteiger partial charge in [0.25, 0.3) is 0 Å². The van der Waals surface area contributed by atoms with E-state index in [0.717, 1.165) is 29.6 Å². The summed E-state index contributed by atoms with van der Waals surface area (Å²) in [5, 5.41) is 6.62. The highest BCUT2D eigenvalue weighted by molar-refractivity contribution is 14.0. The second kappa shape index (κ2) is 13.4. The molecule has 0 aromatic heterocycles. The van der Waals surface area contributed by atoms with Gasteiger partial charge in [-0.15, -0.1) is 35.7 Å². The van der Waals surface area contributed by atoms with Crippen LogP contribution < -0.4 is 24.8 Å². The van der Waals surface area contributed by atoms with E-state index in [1.165, 1.54) is 4.90 Å². The zero-order valence-electron chi connectivity index (χ0n) is 16.7. The van der Waals surface area contributed by atoms with Crippen LogP contribution in [0.2, 0.25) is 0 Å².